The third-order valence-electron chi connectivity index (χ3n) is 3.67. The van der Waals surface area contributed by atoms with Crippen molar-refractivity contribution in [1.29, 1.82) is 0 Å². The van der Waals surface area contributed by atoms with Gasteiger partial charge in [-0.3, -0.25) is 4.98 Å². The van der Waals surface area contributed by atoms with Crippen molar-refractivity contribution in [2.75, 3.05) is 38.1 Å². The molecule has 0 unspecified atom stereocenters. The van der Waals surface area contributed by atoms with Crippen molar-refractivity contribution in [2.45, 2.75) is 6.42 Å². The van der Waals surface area contributed by atoms with E-state index in [-0.39, 0.29) is 0 Å². The second-order valence-electron chi connectivity index (χ2n) is 5.00. The molecule has 0 bridgehead atoms. The van der Waals surface area contributed by atoms with E-state index >= 15 is 0 Å². The largest absolute Gasteiger partial charge is 0.368 e. The topological polar surface area (TPSA) is 19.4 Å². The number of rotatable bonds is 1. The molecule has 2 heterocycles. The van der Waals surface area contributed by atoms with E-state index in [4.69, 9.17) is 0 Å². The van der Waals surface area contributed by atoms with E-state index < -0.39 is 0 Å². The summed E-state index contributed by atoms with van der Waals surface area (Å²) in [6.45, 7) is 4.53. The molecule has 1 aromatic heterocycles. The van der Waals surface area contributed by atoms with Crippen LogP contribution in [-0.4, -0.2) is 43.1 Å². The highest BCUT2D eigenvalue weighted by Gasteiger charge is 2.14. The molecular formula is C15H19N3. The zero-order valence-corrected chi connectivity index (χ0v) is 10.8. The standard InChI is InChI=1S/C15H19N3/c1-17-9-4-10-18(12-11-17)14-7-2-5-13-6-3-8-16-15(13)14/h2-3,5-8H,4,9-12H2,1H3. The van der Waals surface area contributed by atoms with Crippen LogP contribution in [0.1, 0.15) is 6.42 Å². The minimum Gasteiger partial charge on any atom is -0.368 e. The van der Waals surface area contributed by atoms with Gasteiger partial charge in [0.25, 0.3) is 0 Å². The van der Waals surface area contributed by atoms with Gasteiger partial charge in [0.15, 0.2) is 0 Å². The first-order valence-corrected chi connectivity index (χ1v) is 6.62. The van der Waals surface area contributed by atoms with Crippen molar-refractivity contribution in [3.05, 3.63) is 36.5 Å². The number of hydrogen-bond donors (Lipinski definition) is 0. The Balaban J connectivity index is 1.98. The van der Waals surface area contributed by atoms with Crippen molar-refractivity contribution in [1.82, 2.24) is 9.88 Å². The first-order valence-electron chi connectivity index (χ1n) is 6.62. The number of fused-ring (bicyclic) bond motifs is 1. The third-order valence-corrected chi connectivity index (χ3v) is 3.67. The maximum absolute atomic E-state index is 4.55. The summed E-state index contributed by atoms with van der Waals surface area (Å²) in [5.74, 6) is 0. The first kappa shape index (κ1) is 11.5. The van der Waals surface area contributed by atoms with Crippen LogP contribution in [0.5, 0.6) is 0 Å². The Morgan fingerprint density at radius 1 is 1.00 bits per heavy atom. The predicted octanol–water partition coefficient (Wildman–Crippen LogP) is 2.38. The Hall–Kier alpha value is -1.61. The van der Waals surface area contributed by atoms with Crippen LogP contribution in [0.25, 0.3) is 10.9 Å². The van der Waals surface area contributed by atoms with Gasteiger partial charge in [-0.25, -0.2) is 0 Å². The Morgan fingerprint density at radius 2 is 1.89 bits per heavy atom. The zero-order chi connectivity index (χ0) is 12.4. The fourth-order valence-corrected chi connectivity index (χ4v) is 2.63. The number of anilines is 1. The molecule has 18 heavy (non-hydrogen) atoms. The van der Waals surface area contributed by atoms with E-state index in [1.54, 1.807) is 0 Å². The molecule has 0 N–H and O–H groups in total. The summed E-state index contributed by atoms with van der Waals surface area (Å²) in [4.78, 5) is 9.42. The van der Waals surface area contributed by atoms with Crippen LogP contribution in [0.4, 0.5) is 5.69 Å². The quantitative estimate of drug-likeness (QED) is 0.764. The molecule has 3 heteroatoms. The summed E-state index contributed by atoms with van der Waals surface area (Å²) >= 11 is 0. The van der Waals surface area contributed by atoms with Crippen molar-refractivity contribution in [3.63, 3.8) is 0 Å². The van der Waals surface area contributed by atoms with Gasteiger partial charge in [-0.05, 0) is 32.1 Å². The molecular weight excluding hydrogens is 222 g/mol. The lowest BCUT2D eigenvalue weighted by Gasteiger charge is -2.23. The Kier molecular flexibility index (Phi) is 3.15. The van der Waals surface area contributed by atoms with E-state index in [0.29, 0.717) is 0 Å². The second-order valence-corrected chi connectivity index (χ2v) is 5.00. The van der Waals surface area contributed by atoms with Crippen LogP contribution >= 0.6 is 0 Å². The number of benzene rings is 1. The second kappa shape index (κ2) is 4.94. The van der Waals surface area contributed by atoms with E-state index in [0.717, 1.165) is 25.2 Å². The molecule has 1 fully saturated rings. The average molecular weight is 241 g/mol. The summed E-state index contributed by atoms with van der Waals surface area (Å²) in [6, 6.07) is 10.6. The van der Waals surface area contributed by atoms with Gasteiger partial charge >= 0.3 is 0 Å². The molecule has 0 spiro atoms. The van der Waals surface area contributed by atoms with Crippen LogP contribution in [0, 0.1) is 0 Å². The van der Waals surface area contributed by atoms with Gasteiger partial charge in [-0.2, -0.15) is 0 Å². The lowest BCUT2D eigenvalue weighted by molar-refractivity contribution is 0.360. The lowest BCUT2D eigenvalue weighted by atomic mass is 10.1. The molecule has 2 aromatic rings. The lowest BCUT2D eigenvalue weighted by Crippen LogP contribution is -2.28. The normalized spacial score (nSPS) is 17.9. The van der Waals surface area contributed by atoms with E-state index in [1.165, 1.54) is 24.0 Å². The van der Waals surface area contributed by atoms with Crippen molar-refractivity contribution < 1.29 is 0 Å². The molecule has 0 radical (unpaired) electrons. The highest BCUT2D eigenvalue weighted by Crippen LogP contribution is 2.25. The van der Waals surface area contributed by atoms with Gasteiger partial charge in [-0.15, -0.1) is 0 Å². The maximum Gasteiger partial charge on any atom is 0.0935 e. The Bertz CT molecular complexity index is 533. The number of nitrogens with zero attached hydrogens (tertiary/aromatic N) is 3. The van der Waals surface area contributed by atoms with Gasteiger partial charge in [-0.1, -0.05) is 18.2 Å². The van der Waals surface area contributed by atoms with Gasteiger partial charge in [0.1, 0.15) is 0 Å². The number of pyridine rings is 1. The molecule has 1 aliphatic rings. The van der Waals surface area contributed by atoms with Crippen LogP contribution in [0.15, 0.2) is 36.5 Å². The maximum atomic E-state index is 4.55. The molecule has 0 amide bonds. The molecule has 1 aromatic carbocycles. The third kappa shape index (κ3) is 2.18. The Morgan fingerprint density at radius 3 is 2.83 bits per heavy atom. The molecule has 3 rings (SSSR count). The molecule has 1 saturated heterocycles. The van der Waals surface area contributed by atoms with Crippen molar-refractivity contribution >= 4 is 16.6 Å². The number of likely N-dealkylation sites (N-methyl/N-ethyl adjacent to an activating group) is 1. The van der Waals surface area contributed by atoms with E-state index in [1.807, 2.05) is 12.3 Å². The summed E-state index contributed by atoms with van der Waals surface area (Å²) in [5, 5.41) is 1.23. The van der Waals surface area contributed by atoms with Gasteiger partial charge in [0, 0.05) is 31.2 Å². The average Bonchev–Trinajstić information content (AvgIpc) is 2.63. The molecule has 3 nitrogen and oxygen atoms in total. The minimum absolute atomic E-state index is 1.09. The SMILES string of the molecule is CN1CCCN(c2cccc3cccnc23)CC1. The summed E-state index contributed by atoms with van der Waals surface area (Å²) in [7, 11) is 2.20. The number of para-hydroxylation sites is 1. The molecule has 94 valence electrons. The monoisotopic (exact) mass is 241 g/mol. The predicted molar refractivity (Wildman–Crippen MR) is 76.1 cm³/mol. The zero-order valence-electron chi connectivity index (χ0n) is 10.8. The van der Waals surface area contributed by atoms with Gasteiger partial charge in [0.2, 0.25) is 0 Å². The Labute approximate surface area is 108 Å². The summed E-state index contributed by atoms with van der Waals surface area (Å²) in [5.41, 5.74) is 2.41. The molecule has 0 saturated carbocycles. The fourth-order valence-electron chi connectivity index (χ4n) is 2.63. The van der Waals surface area contributed by atoms with Crippen molar-refractivity contribution in [2.24, 2.45) is 0 Å². The van der Waals surface area contributed by atoms with Crippen LogP contribution < -0.4 is 4.90 Å². The van der Waals surface area contributed by atoms with E-state index in [9.17, 15) is 0 Å². The summed E-state index contributed by atoms with van der Waals surface area (Å²) in [6.07, 6.45) is 3.11. The van der Waals surface area contributed by atoms with Crippen molar-refractivity contribution in [3.8, 4) is 0 Å². The van der Waals surface area contributed by atoms with Gasteiger partial charge in [0.05, 0.1) is 11.2 Å². The molecule has 0 aliphatic carbocycles. The van der Waals surface area contributed by atoms with E-state index in [2.05, 4.69) is 46.1 Å². The first-order chi connectivity index (χ1) is 8.84. The minimum atomic E-state index is 1.09. The molecule has 1 aliphatic heterocycles. The highest BCUT2D eigenvalue weighted by molar-refractivity contribution is 5.90. The highest BCUT2D eigenvalue weighted by atomic mass is 15.2. The summed E-state index contributed by atoms with van der Waals surface area (Å²) < 4.78 is 0. The van der Waals surface area contributed by atoms with Gasteiger partial charge < -0.3 is 9.80 Å². The van der Waals surface area contributed by atoms with Crippen LogP contribution in [-0.2, 0) is 0 Å². The number of hydrogen-bond acceptors (Lipinski definition) is 3. The smallest absolute Gasteiger partial charge is 0.0935 e. The fraction of sp³-hybridized carbons (Fsp3) is 0.400. The number of aromatic nitrogens is 1. The molecule has 0 atom stereocenters. The van der Waals surface area contributed by atoms with Crippen LogP contribution in [0.3, 0.4) is 0 Å². The van der Waals surface area contributed by atoms with Crippen LogP contribution in [0.2, 0.25) is 0 Å².